The standard InChI is InChI=1S/C23H25ClN4O3/c24-18-8-6-17(7-9-18)23(31)28-11-10-25-22(30)20(28)16-21(29)27-14-12-26(13-15-27)19-4-2-1-3-5-19/h1-9,20H,10-16H2,(H,25,30)/t20-/m1/s1. The van der Waals surface area contributed by atoms with E-state index in [9.17, 15) is 14.4 Å². The summed E-state index contributed by atoms with van der Waals surface area (Å²) in [6.07, 6.45) is -0.0174. The topological polar surface area (TPSA) is 73.0 Å². The van der Waals surface area contributed by atoms with Crippen LogP contribution in [-0.2, 0) is 9.59 Å². The van der Waals surface area contributed by atoms with E-state index >= 15 is 0 Å². The Morgan fingerprint density at radius 1 is 0.935 bits per heavy atom. The van der Waals surface area contributed by atoms with E-state index in [0.717, 1.165) is 18.8 Å². The molecule has 2 saturated heterocycles. The van der Waals surface area contributed by atoms with Crippen molar-refractivity contribution in [2.75, 3.05) is 44.2 Å². The maximum absolute atomic E-state index is 13.0. The Labute approximate surface area is 186 Å². The Hall–Kier alpha value is -3.06. The molecule has 2 fully saturated rings. The van der Waals surface area contributed by atoms with Gasteiger partial charge in [0.1, 0.15) is 6.04 Å². The maximum Gasteiger partial charge on any atom is 0.254 e. The highest BCUT2D eigenvalue weighted by Gasteiger charge is 2.36. The summed E-state index contributed by atoms with van der Waals surface area (Å²) in [5.41, 5.74) is 1.59. The minimum atomic E-state index is -0.809. The molecule has 2 aromatic carbocycles. The molecule has 3 amide bonds. The third-order valence-electron chi connectivity index (χ3n) is 5.80. The molecule has 0 aliphatic carbocycles. The molecule has 0 radical (unpaired) electrons. The van der Waals surface area contributed by atoms with Gasteiger partial charge in [-0.1, -0.05) is 29.8 Å². The zero-order valence-electron chi connectivity index (χ0n) is 17.2. The molecule has 0 unspecified atom stereocenters. The number of rotatable bonds is 4. The van der Waals surface area contributed by atoms with Gasteiger partial charge in [-0.2, -0.15) is 0 Å². The smallest absolute Gasteiger partial charge is 0.254 e. The average Bonchev–Trinajstić information content (AvgIpc) is 2.81. The number of nitrogens with one attached hydrogen (secondary N) is 1. The summed E-state index contributed by atoms with van der Waals surface area (Å²) in [7, 11) is 0. The first-order valence-corrected chi connectivity index (χ1v) is 10.8. The van der Waals surface area contributed by atoms with Crippen LogP contribution in [0.25, 0.3) is 0 Å². The largest absolute Gasteiger partial charge is 0.368 e. The Bertz CT molecular complexity index is 943. The van der Waals surface area contributed by atoms with E-state index in [4.69, 9.17) is 11.6 Å². The number of amides is 3. The molecule has 2 aliphatic rings. The molecule has 1 atom stereocenters. The molecule has 2 aromatic rings. The van der Waals surface area contributed by atoms with Crippen molar-refractivity contribution in [3.8, 4) is 0 Å². The van der Waals surface area contributed by atoms with Crippen molar-refractivity contribution in [2.24, 2.45) is 0 Å². The second kappa shape index (κ2) is 9.39. The van der Waals surface area contributed by atoms with Crippen molar-refractivity contribution in [2.45, 2.75) is 12.5 Å². The fourth-order valence-electron chi connectivity index (χ4n) is 4.07. The van der Waals surface area contributed by atoms with Gasteiger partial charge < -0.3 is 20.0 Å². The molecule has 0 saturated carbocycles. The van der Waals surface area contributed by atoms with Crippen molar-refractivity contribution in [3.63, 3.8) is 0 Å². The monoisotopic (exact) mass is 440 g/mol. The van der Waals surface area contributed by atoms with Gasteiger partial charge in [-0.15, -0.1) is 0 Å². The Morgan fingerprint density at radius 3 is 2.29 bits per heavy atom. The number of hydrogen-bond acceptors (Lipinski definition) is 4. The lowest BCUT2D eigenvalue weighted by Gasteiger charge is -2.39. The van der Waals surface area contributed by atoms with Crippen molar-refractivity contribution in [1.29, 1.82) is 0 Å². The molecule has 7 nitrogen and oxygen atoms in total. The van der Waals surface area contributed by atoms with Crippen LogP contribution in [0.15, 0.2) is 54.6 Å². The number of halogens is 1. The molecule has 0 spiro atoms. The van der Waals surface area contributed by atoms with E-state index in [1.54, 1.807) is 29.2 Å². The number of hydrogen-bond donors (Lipinski definition) is 1. The first kappa shape index (κ1) is 21.2. The molecule has 0 bridgehead atoms. The Morgan fingerprint density at radius 2 is 1.61 bits per heavy atom. The molecule has 162 valence electrons. The molecule has 2 heterocycles. The summed E-state index contributed by atoms with van der Waals surface area (Å²) in [5, 5.41) is 3.32. The van der Waals surface area contributed by atoms with Crippen LogP contribution in [0, 0.1) is 0 Å². The molecule has 2 aliphatic heterocycles. The van der Waals surface area contributed by atoms with Crippen LogP contribution in [-0.4, -0.2) is 72.8 Å². The van der Waals surface area contributed by atoms with E-state index in [-0.39, 0.29) is 24.1 Å². The van der Waals surface area contributed by atoms with Gasteiger partial charge >= 0.3 is 0 Å². The lowest BCUT2D eigenvalue weighted by molar-refractivity contribution is -0.138. The SMILES string of the molecule is O=C1NCCN(C(=O)c2ccc(Cl)cc2)[C@@H]1CC(=O)N1CCN(c2ccccc2)CC1. The third-order valence-corrected chi connectivity index (χ3v) is 6.06. The molecule has 4 rings (SSSR count). The van der Waals surface area contributed by atoms with Gasteiger partial charge in [-0.05, 0) is 36.4 Å². The van der Waals surface area contributed by atoms with Gasteiger partial charge in [0, 0.05) is 55.5 Å². The van der Waals surface area contributed by atoms with E-state index in [1.807, 2.05) is 18.2 Å². The quantitative estimate of drug-likeness (QED) is 0.789. The van der Waals surface area contributed by atoms with Crippen molar-refractivity contribution >= 4 is 35.0 Å². The number of nitrogens with zero attached hydrogens (tertiary/aromatic N) is 3. The van der Waals surface area contributed by atoms with E-state index in [2.05, 4.69) is 22.3 Å². The van der Waals surface area contributed by atoms with Gasteiger partial charge in [0.2, 0.25) is 11.8 Å². The zero-order chi connectivity index (χ0) is 21.8. The molecule has 0 aromatic heterocycles. The van der Waals surface area contributed by atoms with Crippen molar-refractivity contribution in [1.82, 2.24) is 15.1 Å². The van der Waals surface area contributed by atoms with E-state index < -0.39 is 6.04 Å². The maximum atomic E-state index is 13.0. The average molecular weight is 441 g/mol. The van der Waals surface area contributed by atoms with Crippen LogP contribution in [0.4, 0.5) is 5.69 Å². The van der Waals surface area contributed by atoms with Gasteiger partial charge in [0.25, 0.3) is 5.91 Å². The van der Waals surface area contributed by atoms with Gasteiger partial charge in [-0.3, -0.25) is 14.4 Å². The number of piperazine rings is 2. The fraction of sp³-hybridized carbons (Fsp3) is 0.348. The van der Waals surface area contributed by atoms with E-state index in [1.165, 1.54) is 4.90 Å². The summed E-state index contributed by atoms with van der Waals surface area (Å²) >= 11 is 5.92. The minimum Gasteiger partial charge on any atom is -0.368 e. The molecule has 31 heavy (non-hydrogen) atoms. The summed E-state index contributed by atoms with van der Waals surface area (Å²) in [6, 6.07) is 15.9. The second-order valence-corrected chi connectivity index (χ2v) is 8.16. The fourth-order valence-corrected chi connectivity index (χ4v) is 4.19. The van der Waals surface area contributed by atoms with Gasteiger partial charge in [0.15, 0.2) is 0 Å². The second-order valence-electron chi connectivity index (χ2n) is 7.72. The minimum absolute atomic E-state index is 0.0174. The van der Waals surface area contributed by atoms with Gasteiger partial charge in [-0.25, -0.2) is 0 Å². The number of carbonyl (C=O) groups is 3. The van der Waals surface area contributed by atoms with Crippen LogP contribution in [0.2, 0.25) is 5.02 Å². The summed E-state index contributed by atoms with van der Waals surface area (Å²) in [4.78, 5) is 44.0. The van der Waals surface area contributed by atoms with Crippen molar-refractivity contribution in [3.05, 3.63) is 65.2 Å². The molecule has 8 heteroatoms. The predicted octanol–water partition coefficient (Wildman–Crippen LogP) is 2.02. The number of benzene rings is 2. The van der Waals surface area contributed by atoms with Crippen LogP contribution in [0.5, 0.6) is 0 Å². The summed E-state index contributed by atoms with van der Waals surface area (Å²) in [5.74, 6) is -0.660. The van der Waals surface area contributed by atoms with Crippen LogP contribution in [0.3, 0.4) is 0 Å². The summed E-state index contributed by atoms with van der Waals surface area (Å²) < 4.78 is 0. The first-order valence-electron chi connectivity index (χ1n) is 10.4. The first-order chi connectivity index (χ1) is 15.0. The molecular weight excluding hydrogens is 416 g/mol. The highest BCUT2D eigenvalue weighted by molar-refractivity contribution is 6.30. The lowest BCUT2D eigenvalue weighted by atomic mass is 10.1. The zero-order valence-corrected chi connectivity index (χ0v) is 17.9. The van der Waals surface area contributed by atoms with Gasteiger partial charge in [0.05, 0.1) is 6.42 Å². The number of anilines is 1. The van der Waals surface area contributed by atoms with Crippen LogP contribution >= 0.6 is 11.6 Å². The van der Waals surface area contributed by atoms with Crippen LogP contribution < -0.4 is 10.2 Å². The highest BCUT2D eigenvalue weighted by Crippen LogP contribution is 2.19. The number of carbonyl (C=O) groups excluding carboxylic acids is 3. The van der Waals surface area contributed by atoms with Crippen molar-refractivity contribution < 1.29 is 14.4 Å². The number of para-hydroxylation sites is 1. The molecule has 1 N–H and O–H groups in total. The highest BCUT2D eigenvalue weighted by atomic mass is 35.5. The Balaban J connectivity index is 1.40. The Kier molecular flexibility index (Phi) is 6.42. The normalized spacial score (nSPS) is 19.2. The lowest BCUT2D eigenvalue weighted by Crippen LogP contribution is -2.59. The van der Waals surface area contributed by atoms with Crippen LogP contribution in [0.1, 0.15) is 16.8 Å². The summed E-state index contributed by atoms with van der Waals surface area (Å²) in [6.45, 7) is 3.39. The molecular formula is C23H25ClN4O3. The van der Waals surface area contributed by atoms with E-state index in [0.29, 0.717) is 36.8 Å². The third kappa shape index (κ3) is 4.82. The predicted molar refractivity (Wildman–Crippen MR) is 119 cm³/mol.